The lowest BCUT2D eigenvalue weighted by molar-refractivity contribution is -0.149. The Balaban J connectivity index is 0.983. The molecule has 3 aliphatic rings. The smallest absolute Gasteiger partial charge is 0.273 e. The summed E-state index contributed by atoms with van der Waals surface area (Å²) in [6.45, 7) is 4.81. The van der Waals surface area contributed by atoms with E-state index in [9.17, 15) is 29.1 Å². The minimum Gasteiger partial charge on any atom is -0.363 e. The largest absolute Gasteiger partial charge is 0.363 e. The van der Waals surface area contributed by atoms with Crippen LogP contribution in [0.1, 0.15) is 143 Å². The summed E-state index contributed by atoms with van der Waals surface area (Å²) in [5.74, 6) is -2.85. The van der Waals surface area contributed by atoms with Gasteiger partial charge in [0.25, 0.3) is 17.7 Å². The molecular formula is C52H67N7O7. The summed E-state index contributed by atoms with van der Waals surface area (Å²) in [6, 6.07) is 26.6. The Hall–Kier alpha value is -5.89. The molecule has 2 aliphatic carbocycles. The molecular weight excluding hydrogens is 835 g/mol. The van der Waals surface area contributed by atoms with Gasteiger partial charge in [-0.05, 0) is 61.1 Å². The molecule has 0 spiro atoms. The standard InChI is InChI=1S/C52H67N7O7/c1-3-5-7-9-10-11-18-24-46(60)57-52(65,51(64)53-29-19-8-6-4-2)32-45-56-49(66-58-45)37-25-27-38(28-26-37)50(63)59-33-41(47(61)54-43-30-39(43)35-20-14-12-15-21-35)42(34-59)48(62)55-44-31-40(44)36-22-16-13-17-23-36/h12-17,20-23,25-28,39-44,65H,3-11,18-19,24,29-34H2,1-2H3,(H,53,64)(H,54,61)(H,55,62)(H,57,60)/t39-,40-,41-,42-,43+,44+,52+/m1/s1. The van der Waals surface area contributed by atoms with Crippen LogP contribution in [-0.4, -0.2) is 87.1 Å². The summed E-state index contributed by atoms with van der Waals surface area (Å²) in [5, 5.41) is 27.4. The Morgan fingerprint density at radius 2 is 1.23 bits per heavy atom. The highest BCUT2D eigenvalue weighted by Gasteiger charge is 2.49. The molecule has 5 N–H and O–H groups in total. The molecule has 14 heteroatoms. The second kappa shape index (κ2) is 23.0. The highest BCUT2D eigenvalue weighted by molar-refractivity contribution is 5.97. The van der Waals surface area contributed by atoms with E-state index in [0.29, 0.717) is 24.1 Å². The van der Waals surface area contributed by atoms with E-state index >= 15 is 0 Å². The van der Waals surface area contributed by atoms with Gasteiger partial charge in [0.2, 0.25) is 23.4 Å². The van der Waals surface area contributed by atoms with Gasteiger partial charge in [0, 0.05) is 61.1 Å². The van der Waals surface area contributed by atoms with Crippen molar-refractivity contribution < 1.29 is 33.6 Å². The number of nitrogens with one attached hydrogen (secondary N) is 4. The number of aromatic nitrogens is 2. The summed E-state index contributed by atoms with van der Waals surface area (Å²) >= 11 is 0. The van der Waals surface area contributed by atoms with Crippen molar-refractivity contribution in [2.45, 2.75) is 140 Å². The maximum absolute atomic E-state index is 14.1. The molecule has 0 unspecified atom stereocenters. The number of nitrogens with zero attached hydrogens (tertiary/aromatic N) is 3. The lowest BCUT2D eigenvalue weighted by atomic mass is 9.94. The molecule has 3 aromatic carbocycles. The third-order valence-corrected chi connectivity index (χ3v) is 13.3. The van der Waals surface area contributed by atoms with Crippen LogP contribution in [0.2, 0.25) is 0 Å². The topological polar surface area (TPSA) is 196 Å². The van der Waals surface area contributed by atoms with Crippen LogP contribution in [0.15, 0.2) is 89.5 Å². The number of carbonyl (C=O) groups excluding carboxylic acids is 5. The first-order chi connectivity index (χ1) is 32.1. The van der Waals surface area contributed by atoms with Gasteiger partial charge in [-0.1, -0.05) is 137 Å². The molecule has 2 heterocycles. The molecule has 0 bridgehead atoms. The molecule has 5 amide bonds. The molecule has 14 nitrogen and oxygen atoms in total. The zero-order valence-corrected chi connectivity index (χ0v) is 38.5. The summed E-state index contributed by atoms with van der Waals surface area (Å²) in [5.41, 5.74) is 0.866. The summed E-state index contributed by atoms with van der Waals surface area (Å²) in [4.78, 5) is 74.4. The Morgan fingerprint density at radius 1 is 0.697 bits per heavy atom. The second-order valence-electron chi connectivity index (χ2n) is 18.5. The van der Waals surface area contributed by atoms with Gasteiger partial charge in [-0.25, -0.2) is 0 Å². The first kappa shape index (κ1) is 48.1. The van der Waals surface area contributed by atoms with Crippen molar-refractivity contribution in [1.82, 2.24) is 36.3 Å². The zero-order chi connectivity index (χ0) is 46.5. The number of amides is 5. The lowest BCUT2D eigenvalue weighted by Gasteiger charge is -2.27. The van der Waals surface area contributed by atoms with Gasteiger partial charge >= 0.3 is 0 Å². The Bertz CT molecular complexity index is 2160. The zero-order valence-electron chi connectivity index (χ0n) is 38.5. The minimum atomic E-state index is -2.30. The number of unbranched alkanes of at least 4 members (excludes halogenated alkanes) is 9. The minimum absolute atomic E-state index is 0.0123. The summed E-state index contributed by atoms with van der Waals surface area (Å²) in [7, 11) is 0. The molecule has 2 saturated carbocycles. The monoisotopic (exact) mass is 902 g/mol. The maximum atomic E-state index is 14.1. The number of rotatable bonds is 25. The van der Waals surface area contributed by atoms with E-state index in [0.717, 1.165) is 75.3 Å². The highest BCUT2D eigenvalue weighted by Crippen LogP contribution is 2.43. The number of benzene rings is 3. The average Bonchev–Trinajstić information content (AvgIpc) is 4.17. The fourth-order valence-electron chi connectivity index (χ4n) is 9.15. The van der Waals surface area contributed by atoms with Crippen LogP contribution in [0.3, 0.4) is 0 Å². The van der Waals surface area contributed by atoms with Gasteiger partial charge in [0.1, 0.15) is 0 Å². The molecule has 7 atom stereocenters. The third kappa shape index (κ3) is 12.9. The van der Waals surface area contributed by atoms with E-state index < -0.39 is 35.8 Å². The van der Waals surface area contributed by atoms with Gasteiger partial charge in [0.15, 0.2) is 5.82 Å². The number of likely N-dealkylation sites (tertiary alicyclic amines) is 1. The van der Waals surface area contributed by atoms with E-state index in [1.54, 1.807) is 29.2 Å². The summed E-state index contributed by atoms with van der Waals surface area (Å²) in [6.07, 6.45) is 12.3. The van der Waals surface area contributed by atoms with Crippen LogP contribution in [-0.2, 0) is 25.6 Å². The molecule has 7 rings (SSSR count). The van der Waals surface area contributed by atoms with E-state index in [2.05, 4.69) is 69.5 Å². The molecule has 0 radical (unpaired) electrons. The summed E-state index contributed by atoms with van der Waals surface area (Å²) < 4.78 is 5.55. The van der Waals surface area contributed by atoms with Crippen LogP contribution >= 0.6 is 0 Å². The Morgan fingerprint density at radius 3 is 1.79 bits per heavy atom. The number of carbonyl (C=O) groups is 5. The average molecular weight is 902 g/mol. The third-order valence-electron chi connectivity index (χ3n) is 13.3. The van der Waals surface area contributed by atoms with E-state index in [1.165, 1.54) is 12.8 Å². The van der Waals surface area contributed by atoms with Crippen molar-refractivity contribution in [1.29, 1.82) is 0 Å². The SMILES string of the molecule is CCCCCCCCCC(=O)N[C@](O)(Cc1noc(-c2ccc(C(=O)N3C[C@@H](C(=O)N[C@H]4C[C@@H]4c4ccccc4)[C@H](C(=O)N[C@H]4C[C@@H]4c4ccccc4)C3)cc2)n1)C(=O)NCCCCCC. The van der Waals surface area contributed by atoms with Crippen molar-refractivity contribution in [3.8, 4) is 11.5 Å². The van der Waals surface area contributed by atoms with Crippen LogP contribution in [0.25, 0.3) is 11.5 Å². The maximum Gasteiger partial charge on any atom is 0.273 e. The van der Waals surface area contributed by atoms with Gasteiger partial charge in [-0.2, -0.15) is 4.98 Å². The predicted molar refractivity (Wildman–Crippen MR) is 251 cm³/mol. The molecule has 1 saturated heterocycles. The van der Waals surface area contributed by atoms with Crippen LogP contribution in [0, 0.1) is 11.8 Å². The predicted octanol–water partition coefficient (Wildman–Crippen LogP) is 6.95. The van der Waals surface area contributed by atoms with Crippen molar-refractivity contribution in [3.05, 3.63) is 107 Å². The van der Waals surface area contributed by atoms with Crippen LogP contribution in [0.4, 0.5) is 0 Å². The van der Waals surface area contributed by atoms with Gasteiger partial charge in [-0.15, -0.1) is 0 Å². The van der Waals surface area contributed by atoms with E-state index in [-0.39, 0.29) is 72.9 Å². The van der Waals surface area contributed by atoms with Crippen LogP contribution < -0.4 is 21.3 Å². The quantitative estimate of drug-likeness (QED) is 0.0345. The van der Waals surface area contributed by atoms with Gasteiger partial charge < -0.3 is 35.8 Å². The second-order valence-corrected chi connectivity index (χ2v) is 18.5. The molecule has 352 valence electrons. The van der Waals surface area contributed by atoms with Gasteiger partial charge in [-0.3, -0.25) is 24.0 Å². The number of hydrogen-bond donors (Lipinski definition) is 5. The molecule has 66 heavy (non-hydrogen) atoms. The Kier molecular flexibility index (Phi) is 16.8. The number of hydrogen-bond acceptors (Lipinski definition) is 9. The van der Waals surface area contributed by atoms with Crippen molar-refractivity contribution in [2.24, 2.45) is 11.8 Å². The lowest BCUT2D eigenvalue weighted by Crippen LogP contribution is -2.60. The first-order valence-corrected chi connectivity index (χ1v) is 24.3. The fourth-order valence-corrected chi connectivity index (χ4v) is 9.15. The normalized spacial score (nSPS) is 21.7. The molecule has 1 aliphatic heterocycles. The fraction of sp³-hybridized carbons (Fsp3) is 0.519. The van der Waals surface area contributed by atoms with Crippen molar-refractivity contribution in [3.63, 3.8) is 0 Å². The Labute approximate surface area is 388 Å². The van der Waals surface area contributed by atoms with Crippen molar-refractivity contribution in [2.75, 3.05) is 19.6 Å². The van der Waals surface area contributed by atoms with E-state index in [4.69, 9.17) is 4.52 Å². The van der Waals surface area contributed by atoms with Crippen LogP contribution in [0.5, 0.6) is 0 Å². The van der Waals surface area contributed by atoms with E-state index in [1.807, 2.05) is 36.4 Å². The van der Waals surface area contributed by atoms with Crippen molar-refractivity contribution >= 4 is 29.5 Å². The first-order valence-electron chi connectivity index (χ1n) is 24.3. The number of aliphatic hydroxyl groups is 1. The highest BCUT2D eigenvalue weighted by atomic mass is 16.5. The molecule has 3 fully saturated rings. The van der Waals surface area contributed by atoms with Gasteiger partial charge in [0.05, 0.1) is 18.3 Å². The molecule has 1 aromatic heterocycles. The molecule has 4 aromatic rings.